The maximum Gasteiger partial charge on any atom is 0.251 e. The molecule has 100 valence electrons. The summed E-state index contributed by atoms with van der Waals surface area (Å²) in [6, 6.07) is 3.25. The van der Waals surface area contributed by atoms with Gasteiger partial charge in [-0.1, -0.05) is 0 Å². The lowest BCUT2D eigenvalue weighted by atomic mass is 10.2. The van der Waals surface area contributed by atoms with Gasteiger partial charge in [-0.3, -0.25) is 4.79 Å². The van der Waals surface area contributed by atoms with Crippen molar-refractivity contribution in [3.8, 4) is 0 Å². The molecule has 7 heteroatoms. The minimum atomic E-state index is -0.238. The van der Waals surface area contributed by atoms with Gasteiger partial charge in [-0.25, -0.2) is 15.8 Å². The van der Waals surface area contributed by atoms with Gasteiger partial charge in [0.15, 0.2) is 0 Å². The Kier molecular flexibility index (Phi) is 3.76. The van der Waals surface area contributed by atoms with Gasteiger partial charge in [0.1, 0.15) is 11.6 Å². The van der Waals surface area contributed by atoms with Crippen LogP contribution >= 0.6 is 0 Å². The van der Waals surface area contributed by atoms with Crippen LogP contribution in [0.3, 0.4) is 0 Å². The Balaban J connectivity index is 2.05. The number of anilines is 1. The Morgan fingerprint density at radius 1 is 1.42 bits per heavy atom. The summed E-state index contributed by atoms with van der Waals surface area (Å²) in [6.45, 7) is 3.82. The summed E-state index contributed by atoms with van der Waals surface area (Å²) in [7, 11) is 0. The van der Waals surface area contributed by atoms with Gasteiger partial charge in [0.2, 0.25) is 5.89 Å². The second-order valence-corrected chi connectivity index (χ2v) is 4.07. The van der Waals surface area contributed by atoms with Crippen molar-refractivity contribution in [2.45, 2.75) is 20.4 Å². The van der Waals surface area contributed by atoms with Gasteiger partial charge in [0, 0.05) is 11.3 Å². The average Bonchev–Trinajstić information content (AvgIpc) is 2.81. The molecule has 19 heavy (non-hydrogen) atoms. The van der Waals surface area contributed by atoms with Crippen LogP contribution < -0.4 is 16.6 Å². The molecule has 0 spiro atoms. The van der Waals surface area contributed by atoms with E-state index in [1.807, 2.05) is 0 Å². The minimum absolute atomic E-state index is 0.236. The number of amides is 1. The van der Waals surface area contributed by atoms with Crippen LogP contribution in [0.2, 0.25) is 0 Å². The lowest BCUT2D eigenvalue weighted by molar-refractivity contribution is 0.0947. The van der Waals surface area contributed by atoms with E-state index >= 15 is 0 Å². The van der Waals surface area contributed by atoms with E-state index in [-0.39, 0.29) is 12.5 Å². The van der Waals surface area contributed by atoms with E-state index in [4.69, 9.17) is 10.3 Å². The number of rotatable bonds is 4. The Hall–Kier alpha value is -2.41. The molecule has 0 bridgehead atoms. The van der Waals surface area contributed by atoms with Crippen molar-refractivity contribution in [1.82, 2.24) is 15.3 Å². The van der Waals surface area contributed by atoms with E-state index in [1.165, 1.54) is 0 Å². The molecular weight excluding hydrogens is 246 g/mol. The van der Waals surface area contributed by atoms with E-state index in [0.717, 1.165) is 0 Å². The third-order valence-electron chi connectivity index (χ3n) is 2.43. The topological polar surface area (TPSA) is 106 Å². The monoisotopic (exact) mass is 261 g/mol. The number of pyridine rings is 1. The molecule has 0 aliphatic rings. The first kappa shape index (κ1) is 13.0. The van der Waals surface area contributed by atoms with Gasteiger partial charge in [-0.15, -0.1) is 0 Å². The third-order valence-corrected chi connectivity index (χ3v) is 2.43. The number of hydrogen-bond donors (Lipinski definition) is 3. The normalized spacial score (nSPS) is 10.3. The number of aromatic nitrogens is 2. The zero-order chi connectivity index (χ0) is 13.8. The molecular formula is C12H15N5O2. The Morgan fingerprint density at radius 2 is 2.21 bits per heavy atom. The zero-order valence-corrected chi connectivity index (χ0v) is 10.7. The SMILES string of the molecule is Cc1cc(C(=O)NCc2ncc(C)o2)cc(NN)n1. The average molecular weight is 261 g/mol. The van der Waals surface area contributed by atoms with Crippen LogP contribution in [0.5, 0.6) is 0 Å². The highest BCUT2D eigenvalue weighted by Gasteiger charge is 2.09. The fraction of sp³-hybridized carbons (Fsp3) is 0.250. The lowest BCUT2D eigenvalue weighted by Crippen LogP contribution is -2.23. The molecule has 0 atom stereocenters. The molecule has 0 radical (unpaired) electrons. The van der Waals surface area contributed by atoms with Gasteiger partial charge in [0.05, 0.1) is 12.7 Å². The number of carbonyl (C=O) groups is 1. The molecule has 2 rings (SSSR count). The smallest absolute Gasteiger partial charge is 0.251 e. The molecule has 2 aromatic rings. The first-order chi connectivity index (χ1) is 9.08. The molecule has 0 aliphatic heterocycles. The van der Waals surface area contributed by atoms with Crippen LogP contribution in [0, 0.1) is 13.8 Å². The highest BCUT2D eigenvalue weighted by atomic mass is 16.4. The van der Waals surface area contributed by atoms with Gasteiger partial charge >= 0.3 is 0 Å². The highest BCUT2D eigenvalue weighted by Crippen LogP contribution is 2.09. The van der Waals surface area contributed by atoms with Gasteiger partial charge in [0.25, 0.3) is 5.91 Å². The van der Waals surface area contributed by atoms with Crippen molar-refractivity contribution in [3.05, 3.63) is 41.2 Å². The summed E-state index contributed by atoms with van der Waals surface area (Å²) in [4.78, 5) is 20.1. The number of carbonyl (C=O) groups excluding carboxylic acids is 1. The Morgan fingerprint density at radius 3 is 2.84 bits per heavy atom. The van der Waals surface area contributed by atoms with E-state index < -0.39 is 0 Å². The van der Waals surface area contributed by atoms with E-state index in [2.05, 4.69) is 20.7 Å². The second kappa shape index (κ2) is 5.49. The summed E-state index contributed by atoms with van der Waals surface area (Å²) < 4.78 is 5.27. The maximum absolute atomic E-state index is 12.0. The number of hydrogen-bond acceptors (Lipinski definition) is 6. The first-order valence-corrected chi connectivity index (χ1v) is 5.73. The molecule has 0 saturated carbocycles. The lowest BCUT2D eigenvalue weighted by Gasteiger charge is -2.06. The van der Waals surface area contributed by atoms with E-state index in [1.54, 1.807) is 32.2 Å². The maximum atomic E-state index is 12.0. The minimum Gasteiger partial charge on any atom is -0.444 e. The fourth-order valence-electron chi connectivity index (χ4n) is 1.61. The van der Waals surface area contributed by atoms with Gasteiger partial charge < -0.3 is 15.2 Å². The van der Waals surface area contributed by atoms with Crippen molar-refractivity contribution < 1.29 is 9.21 Å². The predicted octanol–water partition coefficient (Wildman–Crippen LogP) is 0.902. The Bertz CT molecular complexity index is 594. The molecule has 4 N–H and O–H groups in total. The fourth-order valence-corrected chi connectivity index (χ4v) is 1.61. The van der Waals surface area contributed by atoms with Crippen molar-refractivity contribution in [2.24, 2.45) is 5.84 Å². The molecule has 7 nitrogen and oxygen atoms in total. The quantitative estimate of drug-likeness (QED) is 0.557. The first-order valence-electron chi connectivity index (χ1n) is 5.73. The van der Waals surface area contributed by atoms with E-state index in [0.29, 0.717) is 28.7 Å². The summed E-state index contributed by atoms with van der Waals surface area (Å²) in [5.41, 5.74) is 3.60. The van der Waals surface area contributed by atoms with Crippen LogP contribution in [0.15, 0.2) is 22.7 Å². The molecule has 0 unspecified atom stereocenters. The number of hydrazine groups is 1. The standard InChI is InChI=1S/C12H15N5O2/c1-7-3-9(4-10(16-7)17-13)12(18)15-6-11-14-5-8(2)19-11/h3-5H,6,13H2,1-2H3,(H,15,18)(H,16,17). The molecule has 1 amide bonds. The number of nitrogens with two attached hydrogens (primary N) is 1. The predicted molar refractivity (Wildman–Crippen MR) is 69.2 cm³/mol. The number of nitrogens with zero attached hydrogens (tertiary/aromatic N) is 2. The second-order valence-electron chi connectivity index (χ2n) is 4.07. The largest absolute Gasteiger partial charge is 0.444 e. The number of nitrogen functional groups attached to an aromatic ring is 1. The number of aryl methyl sites for hydroxylation is 2. The van der Waals surface area contributed by atoms with Crippen LogP contribution in [0.1, 0.15) is 27.7 Å². The van der Waals surface area contributed by atoms with Crippen molar-refractivity contribution in [3.63, 3.8) is 0 Å². The summed E-state index contributed by atoms with van der Waals surface area (Å²) in [6.07, 6.45) is 1.61. The van der Waals surface area contributed by atoms with Crippen molar-refractivity contribution >= 4 is 11.7 Å². The van der Waals surface area contributed by atoms with Crippen molar-refractivity contribution in [2.75, 3.05) is 5.43 Å². The van der Waals surface area contributed by atoms with Gasteiger partial charge in [-0.05, 0) is 26.0 Å². The van der Waals surface area contributed by atoms with Crippen LogP contribution in [-0.4, -0.2) is 15.9 Å². The molecule has 0 fully saturated rings. The molecule has 0 aliphatic carbocycles. The number of oxazole rings is 1. The van der Waals surface area contributed by atoms with E-state index in [9.17, 15) is 4.79 Å². The molecule has 2 aromatic heterocycles. The molecule has 2 heterocycles. The summed E-state index contributed by atoms with van der Waals surface area (Å²) >= 11 is 0. The Labute approximate surface area is 110 Å². The zero-order valence-electron chi connectivity index (χ0n) is 10.7. The molecule has 0 saturated heterocycles. The summed E-state index contributed by atoms with van der Waals surface area (Å²) in [5, 5.41) is 2.72. The van der Waals surface area contributed by atoms with Crippen molar-refractivity contribution in [1.29, 1.82) is 0 Å². The summed E-state index contributed by atoms with van der Waals surface area (Å²) in [5.74, 6) is 6.66. The van der Waals surface area contributed by atoms with Crippen LogP contribution in [0.25, 0.3) is 0 Å². The van der Waals surface area contributed by atoms with Gasteiger partial charge in [-0.2, -0.15) is 0 Å². The third kappa shape index (κ3) is 3.29. The number of nitrogens with one attached hydrogen (secondary N) is 2. The van der Waals surface area contributed by atoms with Crippen LogP contribution in [0.4, 0.5) is 5.82 Å². The highest BCUT2D eigenvalue weighted by molar-refractivity contribution is 5.94. The van der Waals surface area contributed by atoms with Crippen LogP contribution in [-0.2, 0) is 6.54 Å². The molecule has 0 aromatic carbocycles.